The number of hydrogen-bond donors (Lipinski definition) is 1. The van der Waals surface area contributed by atoms with E-state index in [4.69, 9.17) is 0 Å². The van der Waals surface area contributed by atoms with Crippen molar-refractivity contribution in [2.45, 2.75) is 37.3 Å². The molecule has 0 saturated carbocycles. The summed E-state index contributed by atoms with van der Waals surface area (Å²) in [4.78, 5) is 4.05. The fraction of sp³-hybridized carbons (Fsp3) is 0.526. The van der Waals surface area contributed by atoms with Crippen molar-refractivity contribution < 1.29 is 8.42 Å². The molecule has 2 atom stereocenters. The van der Waals surface area contributed by atoms with Gasteiger partial charge in [-0.2, -0.15) is 4.31 Å². The van der Waals surface area contributed by atoms with Crippen LogP contribution in [0.2, 0.25) is 0 Å². The topological polar surface area (TPSA) is 67.2 Å². The van der Waals surface area contributed by atoms with E-state index in [9.17, 15) is 8.42 Å². The Kier molecular flexibility index (Phi) is 5.79. The second kappa shape index (κ2) is 7.90. The number of sulfonamides is 1. The molecule has 142 valence electrons. The predicted molar refractivity (Wildman–Crippen MR) is 102 cm³/mol. The van der Waals surface area contributed by atoms with Crippen LogP contribution in [0.15, 0.2) is 47.9 Å². The molecular weight excluding hydrogens is 348 g/mol. The van der Waals surface area contributed by atoms with E-state index < -0.39 is 10.0 Å². The first kappa shape index (κ1) is 19.1. The molecule has 1 aliphatic rings. The van der Waals surface area contributed by atoms with Crippen LogP contribution in [0.3, 0.4) is 0 Å². The highest BCUT2D eigenvalue weighted by atomic mass is 32.2. The molecule has 1 aromatic carbocycles. The first-order valence-electron chi connectivity index (χ1n) is 9.14. The van der Waals surface area contributed by atoms with Gasteiger partial charge in [0.25, 0.3) is 10.0 Å². The van der Waals surface area contributed by atoms with E-state index in [-0.39, 0.29) is 17.0 Å². The van der Waals surface area contributed by atoms with E-state index in [2.05, 4.69) is 36.3 Å². The highest BCUT2D eigenvalue weighted by Gasteiger charge is 2.40. The van der Waals surface area contributed by atoms with Gasteiger partial charge >= 0.3 is 0 Å². The summed E-state index contributed by atoms with van der Waals surface area (Å²) in [5, 5.41) is 3.71. The van der Waals surface area contributed by atoms with Crippen molar-refractivity contribution in [1.82, 2.24) is 19.2 Å². The molecule has 1 N–H and O–H groups in total. The molecule has 2 heterocycles. The Hall–Kier alpha value is -1.70. The normalized spacial score (nSPS) is 21.5. The van der Waals surface area contributed by atoms with E-state index >= 15 is 0 Å². The van der Waals surface area contributed by atoms with Crippen molar-refractivity contribution in [2.24, 2.45) is 13.0 Å². The quantitative estimate of drug-likeness (QED) is 0.805. The fourth-order valence-electron chi connectivity index (χ4n) is 3.42. The van der Waals surface area contributed by atoms with Gasteiger partial charge in [-0.05, 0) is 24.4 Å². The molecular formula is C19H28N4O2S. The minimum absolute atomic E-state index is 0.106. The summed E-state index contributed by atoms with van der Waals surface area (Å²) in [7, 11) is -1.79. The van der Waals surface area contributed by atoms with Gasteiger partial charge in [0.2, 0.25) is 0 Å². The lowest BCUT2D eigenvalue weighted by Crippen LogP contribution is -2.37. The van der Waals surface area contributed by atoms with E-state index in [1.54, 1.807) is 22.1 Å². The lowest BCUT2D eigenvalue weighted by atomic mass is 9.94. The monoisotopic (exact) mass is 376 g/mol. The Morgan fingerprint density at radius 1 is 1.23 bits per heavy atom. The Balaban J connectivity index is 1.81. The second-order valence-corrected chi connectivity index (χ2v) is 9.34. The number of hydrogen-bond acceptors (Lipinski definition) is 4. The van der Waals surface area contributed by atoms with Crippen molar-refractivity contribution in [3.05, 3.63) is 48.4 Å². The molecule has 1 aliphatic heterocycles. The van der Waals surface area contributed by atoms with Crippen LogP contribution in [0.4, 0.5) is 0 Å². The van der Waals surface area contributed by atoms with Crippen molar-refractivity contribution >= 4 is 10.0 Å². The molecule has 0 aliphatic carbocycles. The van der Waals surface area contributed by atoms with Crippen LogP contribution in [0.1, 0.15) is 31.7 Å². The van der Waals surface area contributed by atoms with Gasteiger partial charge in [-0.1, -0.05) is 44.2 Å². The Labute approximate surface area is 156 Å². The molecule has 7 heteroatoms. The molecule has 1 aromatic heterocycles. The van der Waals surface area contributed by atoms with Gasteiger partial charge in [0.05, 0.1) is 6.33 Å². The van der Waals surface area contributed by atoms with Crippen LogP contribution in [0.5, 0.6) is 0 Å². The Morgan fingerprint density at radius 2 is 1.96 bits per heavy atom. The molecule has 0 spiro atoms. The van der Waals surface area contributed by atoms with Gasteiger partial charge in [-0.3, -0.25) is 0 Å². The largest absolute Gasteiger partial charge is 0.339 e. The second-order valence-electron chi connectivity index (χ2n) is 7.46. The maximum absolute atomic E-state index is 13.0. The third-order valence-electron chi connectivity index (χ3n) is 4.93. The number of nitrogens with zero attached hydrogens (tertiary/aromatic N) is 3. The zero-order valence-electron chi connectivity index (χ0n) is 15.7. The molecule has 6 nitrogen and oxygen atoms in total. The molecule has 1 saturated heterocycles. The van der Waals surface area contributed by atoms with Crippen molar-refractivity contribution in [3.8, 4) is 0 Å². The van der Waals surface area contributed by atoms with E-state index in [0.29, 0.717) is 19.0 Å². The summed E-state index contributed by atoms with van der Waals surface area (Å²) in [5.41, 5.74) is 1.17. The number of nitrogens with one attached hydrogen (secondary N) is 1. The lowest BCUT2D eigenvalue weighted by Gasteiger charge is -2.20. The number of imidazole rings is 1. The van der Waals surface area contributed by atoms with Crippen LogP contribution >= 0.6 is 0 Å². The van der Waals surface area contributed by atoms with E-state index in [1.165, 1.54) is 11.9 Å². The van der Waals surface area contributed by atoms with Crippen LogP contribution in [-0.4, -0.2) is 48.0 Å². The predicted octanol–water partition coefficient (Wildman–Crippen LogP) is 2.21. The summed E-state index contributed by atoms with van der Waals surface area (Å²) >= 11 is 0. The summed E-state index contributed by atoms with van der Waals surface area (Å²) in [6.45, 7) is 6.23. The third-order valence-corrected chi connectivity index (χ3v) is 6.65. The number of aromatic nitrogens is 2. The number of aryl methyl sites for hydroxylation is 1. The molecule has 0 unspecified atom stereocenters. The van der Waals surface area contributed by atoms with Gasteiger partial charge in [-0.15, -0.1) is 0 Å². The standard InChI is InChI=1S/C19H28N4O2S/c1-15(2)9-10-20-18-12-23(11-17(18)16-7-5-4-6-8-16)26(24,25)19-13-22(3)14-21-19/h4-8,13-15,17-18,20H,9-12H2,1-3H3/t17-,18+/m1/s1. The van der Waals surface area contributed by atoms with Crippen LogP contribution in [0.25, 0.3) is 0 Å². The van der Waals surface area contributed by atoms with Gasteiger partial charge in [-0.25, -0.2) is 13.4 Å². The van der Waals surface area contributed by atoms with Crippen molar-refractivity contribution in [2.75, 3.05) is 19.6 Å². The molecule has 0 bridgehead atoms. The zero-order chi connectivity index (χ0) is 18.7. The average Bonchev–Trinajstić information content (AvgIpc) is 3.23. The zero-order valence-corrected chi connectivity index (χ0v) is 16.5. The molecule has 1 fully saturated rings. The van der Waals surface area contributed by atoms with Crippen LogP contribution in [0, 0.1) is 5.92 Å². The highest BCUT2D eigenvalue weighted by Crippen LogP contribution is 2.31. The minimum Gasteiger partial charge on any atom is -0.339 e. The smallest absolute Gasteiger partial charge is 0.262 e. The Morgan fingerprint density at radius 3 is 2.58 bits per heavy atom. The fourth-order valence-corrected chi connectivity index (χ4v) is 4.88. The summed E-state index contributed by atoms with van der Waals surface area (Å²) in [5.74, 6) is 0.759. The van der Waals surface area contributed by atoms with E-state index in [0.717, 1.165) is 13.0 Å². The first-order chi connectivity index (χ1) is 12.4. The first-order valence-corrected chi connectivity index (χ1v) is 10.6. The van der Waals surface area contributed by atoms with Crippen molar-refractivity contribution in [3.63, 3.8) is 0 Å². The number of rotatable bonds is 7. The highest BCUT2D eigenvalue weighted by molar-refractivity contribution is 7.89. The summed E-state index contributed by atoms with van der Waals surface area (Å²) in [6, 6.07) is 10.3. The van der Waals surface area contributed by atoms with Crippen LogP contribution < -0.4 is 5.32 Å². The van der Waals surface area contributed by atoms with Crippen molar-refractivity contribution in [1.29, 1.82) is 0 Å². The molecule has 0 radical (unpaired) electrons. The molecule has 26 heavy (non-hydrogen) atoms. The summed E-state index contributed by atoms with van der Waals surface area (Å²) in [6.07, 6.45) is 4.16. The third kappa shape index (κ3) is 4.16. The van der Waals surface area contributed by atoms with Gasteiger partial charge in [0.1, 0.15) is 0 Å². The van der Waals surface area contributed by atoms with Gasteiger partial charge in [0, 0.05) is 38.3 Å². The maximum atomic E-state index is 13.0. The molecule has 3 rings (SSSR count). The van der Waals surface area contributed by atoms with E-state index in [1.807, 2.05) is 18.2 Å². The maximum Gasteiger partial charge on any atom is 0.262 e. The SMILES string of the molecule is CC(C)CCN[C@H]1CN(S(=O)(=O)c2cn(C)cn2)C[C@@H]1c1ccccc1. The lowest BCUT2D eigenvalue weighted by molar-refractivity contribution is 0.440. The average molecular weight is 377 g/mol. The van der Waals surface area contributed by atoms with Crippen LogP contribution in [-0.2, 0) is 17.1 Å². The van der Waals surface area contributed by atoms with Gasteiger partial charge < -0.3 is 9.88 Å². The minimum atomic E-state index is -3.57. The molecule has 2 aromatic rings. The molecule has 0 amide bonds. The van der Waals surface area contributed by atoms with Gasteiger partial charge in [0.15, 0.2) is 5.03 Å². The summed E-state index contributed by atoms with van der Waals surface area (Å²) < 4.78 is 29.2. The number of benzene rings is 1. The Bertz CT molecular complexity index is 817.